The first-order valence-corrected chi connectivity index (χ1v) is 6.63. The van der Waals surface area contributed by atoms with E-state index in [1.165, 1.54) is 25.7 Å². The fourth-order valence-corrected chi connectivity index (χ4v) is 2.66. The van der Waals surface area contributed by atoms with E-state index in [-0.39, 0.29) is 0 Å². The molecular formula is C11H15BrN4. The Morgan fingerprint density at radius 3 is 2.50 bits per heavy atom. The smallest absolute Gasteiger partial charge is 0.227 e. The fourth-order valence-electron chi connectivity index (χ4n) is 2.16. The van der Waals surface area contributed by atoms with Crippen molar-refractivity contribution in [3.63, 3.8) is 0 Å². The van der Waals surface area contributed by atoms with Gasteiger partial charge in [-0.25, -0.2) is 4.98 Å². The number of hydrogen-bond donors (Lipinski definition) is 1. The highest BCUT2D eigenvalue weighted by molar-refractivity contribution is 9.10. The van der Waals surface area contributed by atoms with E-state index in [9.17, 15) is 0 Å². The quantitative estimate of drug-likeness (QED) is 0.904. The Morgan fingerprint density at radius 2 is 1.88 bits per heavy atom. The van der Waals surface area contributed by atoms with Gasteiger partial charge in [-0.2, -0.15) is 4.98 Å². The first kappa shape index (κ1) is 10.3. The predicted molar refractivity (Wildman–Crippen MR) is 67.6 cm³/mol. The lowest BCUT2D eigenvalue weighted by atomic mass is 10.3. The molecule has 2 fully saturated rings. The van der Waals surface area contributed by atoms with E-state index < -0.39 is 0 Å². The summed E-state index contributed by atoms with van der Waals surface area (Å²) in [7, 11) is 0. The highest BCUT2D eigenvalue weighted by atomic mass is 79.9. The average molecular weight is 283 g/mol. The Labute approximate surface area is 103 Å². The maximum absolute atomic E-state index is 5.93. The van der Waals surface area contributed by atoms with Crippen LogP contribution in [-0.4, -0.2) is 23.1 Å². The molecule has 1 aliphatic carbocycles. The van der Waals surface area contributed by atoms with Gasteiger partial charge in [-0.3, -0.25) is 0 Å². The number of aromatic nitrogens is 2. The summed E-state index contributed by atoms with van der Waals surface area (Å²) in [6.07, 6.45) is 4.93. The Morgan fingerprint density at radius 1 is 1.19 bits per heavy atom. The minimum absolute atomic E-state index is 0.582. The zero-order chi connectivity index (χ0) is 11.1. The summed E-state index contributed by atoms with van der Waals surface area (Å²) in [6.45, 7) is 2.12. The van der Waals surface area contributed by atoms with Gasteiger partial charge in [0.15, 0.2) is 0 Å². The molecular weight excluding hydrogens is 268 g/mol. The van der Waals surface area contributed by atoms with Crippen LogP contribution in [0.15, 0.2) is 4.47 Å². The maximum atomic E-state index is 5.93. The number of anilines is 2. The van der Waals surface area contributed by atoms with Crippen molar-refractivity contribution in [2.45, 2.75) is 31.6 Å². The highest BCUT2D eigenvalue weighted by Crippen LogP contribution is 2.44. The van der Waals surface area contributed by atoms with Crippen molar-refractivity contribution in [3.8, 4) is 0 Å². The minimum Gasteiger partial charge on any atom is -0.383 e. The topological polar surface area (TPSA) is 55.0 Å². The maximum Gasteiger partial charge on any atom is 0.227 e. The Balaban J connectivity index is 1.98. The number of nitrogens with two attached hydrogens (primary N) is 1. The first-order valence-electron chi connectivity index (χ1n) is 5.83. The molecule has 0 atom stereocenters. The van der Waals surface area contributed by atoms with Crippen LogP contribution in [0.5, 0.6) is 0 Å². The van der Waals surface area contributed by atoms with E-state index in [0.717, 1.165) is 29.2 Å². The molecule has 2 N–H and O–H groups in total. The third-order valence-corrected chi connectivity index (χ3v) is 4.06. The molecule has 16 heavy (non-hydrogen) atoms. The Kier molecular flexibility index (Phi) is 2.50. The van der Waals surface area contributed by atoms with E-state index in [4.69, 9.17) is 5.73 Å². The lowest BCUT2D eigenvalue weighted by molar-refractivity contribution is 0.870. The molecule has 0 amide bonds. The summed E-state index contributed by atoms with van der Waals surface area (Å²) in [6, 6.07) is 0. The molecule has 1 saturated carbocycles. The lowest BCUT2D eigenvalue weighted by Crippen LogP contribution is -2.21. The average Bonchev–Trinajstić information content (AvgIpc) is 2.96. The van der Waals surface area contributed by atoms with Crippen LogP contribution in [0.1, 0.15) is 37.3 Å². The number of halogens is 1. The third-order valence-electron chi connectivity index (χ3n) is 3.24. The second kappa shape index (κ2) is 3.87. The second-order valence-electron chi connectivity index (χ2n) is 4.58. The number of rotatable bonds is 2. The van der Waals surface area contributed by atoms with Gasteiger partial charge in [0.2, 0.25) is 5.95 Å². The van der Waals surface area contributed by atoms with Gasteiger partial charge in [0.05, 0.1) is 10.2 Å². The molecule has 0 aromatic carbocycles. The first-order chi connectivity index (χ1) is 7.75. The van der Waals surface area contributed by atoms with Crippen LogP contribution >= 0.6 is 15.9 Å². The SMILES string of the molecule is Nc1nc(N2CCCC2)nc(C2CC2)c1Br. The van der Waals surface area contributed by atoms with Gasteiger partial charge >= 0.3 is 0 Å². The van der Waals surface area contributed by atoms with E-state index in [1.54, 1.807) is 0 Å². The monoisotopic (exact) mass is 282 g/mol. The zero-order valence-electron chi connectivity index (χ0n) is 9.12. The van der Waals surface area contributed by atoms with Crippen LogP contribution in [-0.2, 0) is 0 Å². The number of hydrogen-bond acceptors (Lipinski definition) is 4. The van der Waals surface area contributed by atoms with Crippen molar-refractivity contribution in [1.29, 1.82) is 0 Å². The van der Waals surface area contributed by atoms with Crippen molar-refractivity contribution < 1.29 is 0 Å². The second-order valence-corrected chi connectivity index (χ2v) is 5.37. The van der Waals surface area contributed by atoms with Gasteiger partial charge in [0, 0.05) is 19.0 Å². The molecule has 2 heterocycles. The van der Waals surface area contributed by atoms with Crippen LogP contribution in [0.4, 0.5) is 11.8 Å². The Bertz CT molecular complexity index is 411. The lowest BCUT2D eigenvalue weighted by Gasteiger charge is -2.17. The molecule has 4 nitrogen and oxygen atoms in total. The van der Waals surface area contributed by atoms with Gasteiger partial charge in [-0.05, 0) is 41.6 Å². The molecule has 1 aromatic rings. The van der Waals surface area contributed by atoms with Crippen molar-refractivity contribution in [2.24, 2.45) is 0 Å². The zero-order valence-corrected chi connectivity index (χ0v) is 10.7. The molecule has 1 aliphatic heterocycles. The van der Waals surface area contributed by atoms with E-state index in [2.05, 4.69) is 30.8 Å². The molecule has 86 valence electrons. The summed E-state index contributed by atoms with van der Waals surface area (Å²) in [5, 5.41) is 0. The fraction of sp³-hybridized carbons (Fsp3) is 0.636. The van der Waals surface area contributed by atoms with Gasteiger partial charge in [-0.15, -0.1) is 0 Å². The van der Waals surface area contributed by atoms with E-state index in [0.29, 0.717) is 11.7 Å². The molecule has 2 aliphatic rings. The molecule has 0 spiro atoms. The molecule has 1 aromatic heterocycles. The largest absolute Gasteiger partial charge is 0.383 e. The van der Waals surface area contributed by atoms with Gasteiger partial charge < -0.3 is 10.6 Å². The molecule has 0 unspecified atom stereocenters. The van der Waals surface area contributed by atoms with Crippen LogP contribution < -0.4 is 10.6 Å². The van der Waals surface area contributed by atoms with E-state index in [1.807, 2.05) is 0 Å². The van der Waals surface area contributed by atoms with Crippen molar-refractivity contribution in [3.05, 3.63) is 10.2 Å². The summed E-state index contributed by atoms with van der Waals surface area (Å²) >= 11 is 3.49. The van der Waals surface area contributed by atoms with Crippen molar-refractivity contribution in [1.82, 2.24) is 9.97 Å². The summed E-state index contributed by atoms with van der Waals surface area (Å²) in [5.74, 6) is 2.00. The molecule has 1 saturated heterocycles. The highest BCUT2D eigenvalue weighted by Gasteiger charge is 2.30. The minimum atomic E-state index is 0.582. The van der Waals surface area contributed by atoms with Gasteiger partial charge in [-0.1, -0.05) is 0 Å². The Hall–Kier alpha value is -0.840. The summed E-state index contributed by atoms with van der Waals surface area (Å²) in [4.78, 5) is 11.3. The van der Waals surface area contributed by atoms with Gasteiger partial charge in [0.1, 0.15) is 5.82 Å². The normalized spacial score (nSPS) is 20.4. The van der Waals surface area contributed by atoms with Crippen LogP contribution in [0, 0.1) is 0 Å². The van der Waals surface area contributed by atoms with Crippen molar-refractivity contribution in [2.75, 3.05) is 23.7 Å². The molecule has 0 bridgehead atoms. The van der Waals surface area contributed by atoms with Crippen LogP contribution in [0.2, 0.25) is 0 Å². The van der Waals surface area contributed by atoms with Crippen LogP contribution in [0.25, 0.3) is 0 Å². The molecule has 0 radical (unpaired) electrons. The number of nitrogens with zero attached hydrogens (tertiary/aromatic N) is 3. The van der Waals surface area contributed by atoms with Crippen LogP contribution in [0.3, 0.4) is 0 Å². The van der Waals surface area contributed by atoms with Crippen molar-refractivity contribution >= 4 is 27.7 Å². The third kappa shape index (κ3) is 1.77. The molecule has 5 heteroatoms. The summed E-state index contributed by atoms with van der Waals surface area (Å²) in [5.41, 5.74) is 7.04. The van der Waals surface area contributed by atoms with Gasteiger partial charge in [0.25, 0.3) is 0 Å². The van der Waals surface area contributed by atoms with E-state index >= 15 is 0 Å². The number of nitrogen functional groups attached to an aromatic ring is 1. The molecule has 3 rings (SSSR count). The predicted octanol–water partition coefficient (Wildman–Crippen LogP) is 2.30. The standard InChI is InChI=1S/C11H15BrN4/c12-8-9(7-3-4-7)14-11(15-10(8)13)16-5-1-2-6-16/h7H,1-6H2,(H2,13,14,15). The summed E-state index contributed by atoms with van der Waals surface area (Å²) < 4.78 is 0.901.